The lowest BCUT2D eigenvalue weighted by Gasteiger charge is -2.12. The summed E-state index contributed by atoms with van der Waals surface area (Å²) >= 11 is 12.4. The van der Waals surface area contributed by atoms with Crippen molar-refractivity contribution in [2.45, 2.75) is 17.8 Å². The number of fused-ring (bicyclic) bond motifs is 7. The molecule has 2 heteroatoms. The van der Waals surface area contributed by atoms with Crippen LogP contribution in [0.15, 0.2) is 36.4 Å². The van der Waals surface area contributed by atoms with E-state index in [0.717, 1.165) is 11.8 Å². The fraction of sp³-hybridized carbons (Fsp3) is 0.250. The Hall–Kier alpha value is -0.980. The third-order valence-electron chi connectivity index (χ3n) is 4.97. The van der Waals surface area contributed by atoms with Crippen LogP contribution in [0, 0.1) is 5.92 Å². The van der Waals surface area contributed by atoms with Gasteiger partial charge in [0.15, 0.2) is 0 Å². The van der Waals surface area contributed by atoms with Gasteiger partial charge in [-0.2, -0.15) is 0 Å². The lowest BCUT2D eigenvalue weighted by Crippen LogP contribution is -1.97. The molecule has 0 saturated heterocycles. The van der Waals surface area contributed by atoms with Gasteiger partial charge in [0.1, 0.15) is 0 Å². The van der Waals surface area contributed by atoms with Gasteiger partial charge in [-0.1, -0.05) is 47.5 Å². The van der Waals surface area contributed by atoms with E-state index in [0.29, 0.717) is 21.9 Å². The summed E-state index contributed by atoms with van der Waals surface area (Å²) in [5.74, 6) is 2.80. The molecule has 0 aromatic heterocycles. The van der Waals surface area contributed by atoms with Gasteiger partial charge in [0.05, 0.1) is 10.0 Å². The van der Waals surface area contributed by atoms with Crippen molar-refractivity contribution in [3.05, 3.63) is 68.7 Å². The molecule has 1 saturated carbocycles. The number of benzene rings is 2. The van der Waals surface area contributed by atoms with Gasteiger partial charge in [0.2, 0.25) is 0 Å². The van der Waals surface area contributed by atoms with Crippen LogP contribution in [0.1, 0.15) is 40.0 Å². The van der Waals surface area contributed by atoms with Crippen LogP contribution in [-0.2, 0) is 0 Å². The molecule has 88 valence electrons. The van der Waals surface area contributed by atoms with Crippen LogP contribution in [0.3, 0.4) is 0 Å². The zero-order valence-corrected chi connectivity index (χ0v) is 11.0. The van der Waals surface area contributed by atoms with E-state index < -0.39 is 0 Å². The Morgan fingerprint density at radius 3 is 2.11 bits per heavy atom. The first kappa shape index (κ1) is 9.89. The molecule has 4 atom stereocenters. The zero-order valence-electron chi connectivity index (χ0n) is 9.53. The Morgan fingerprint density at radius 1 is 0.722 bits per heavy atom. The molecule has 0 amide bonds. The van der Waals surface area contributed by atoms with Crippen LogP contribution in [0.4, 0.5) is 0 Å². The highest BCUT2D eigenvalue weighted by Gasteiger charge is 2.66. The fourth-order valence-electron chi connectivity index (χ4n) is 4.37. The van der Waals surface area contributed by atoms with E-state index in [4.69, 9.17) is 23.2 Å². The maximum Gasteiger partial charge on any atom is 0.0595 e. The van der Waals surface area contributed by atoms with Crippen LogP contribution in [-0.4, -0.2) is 0 Å². The molecular formula is C16H10Cl2. The molecule has 0 spiro atoms. The predicted octanol–water partition coefficient (Wildman–Crippen LogP) is 4.95. The maximum absolute atomic E-state index is 6.19. The van der Waals surface area contributed by atoms with E-state index in [-0.39, 0.29) is 0 Å². The Morgan fingerprint density at radius 2 is 1.33 bits per heavy atom. The van der Waals surface area contributed by atoms with Gasteiger partial charge >= 0.3 is 0 Å². The fourth-order valence-corrected chi connectivity index (χ4v) is 4.71. The SMILES string of the molecule is Clc1cc2c(cc1Cl)[C@@H]1[C@H]3c4ccccc4[C@H]2[C@H]31. The van der Waals surface area contributed by atoms with Crippen molar-refractivity contribution in [2.24, 2.45) is 5.92 Å². The Balaban J connectivity index is 1.81. The van der Waals surface area contributed by atoms with Crippen LogP contribution < -0.4 is 0 Å². The predicted molar refractivity (Wildman–Crippen MR) is 73.7 cm³/mol. The topological polar surface area (TPSA) is 0 Å². The van der Waals surface area contributed by atoms with Crippen molar-refractivity contribution in [1.29, 1.82) is 0 Å². The summed E-state index contributed by atoms with van der Waals surface area (Å²) in [6.45, 7) is 0. The molecule has 3 aliphatic carbocycles. The molecule has 2 aromatic rings. The number of halogens is 2. The Kier molecular flexibility index (Phi) is 1.62. The summed E-state index contributed by atoms with van der Waals surface area (Å²) in [6.07, 6.45) is 0. The van der Waals surface area contributed by atoms with E-state index in [1.54, 1.807) is 5.56 Å². The number of rotatable bonds is 0. The Labute approximate surface area is 116 Å². The third kappa shape index (κ3) is 0.941. The normalized spacial score (nSPS) is 33.0. The van der Waals surface area contributed by atoms with Gasteiger partial charge < -0.3 is 0 Å². The largest absolute Gasteiger partial charge is 0.0827 e. The van der Waals surface area contributed by atoms with Gasteiger partial charge in [-0.15, -0.1) is 0 Å². The standard InChI is InChI=1S/C16H10Cl2/c17-11-5-9-10(6-12(11)18)15-14-8-4-2-1-3-7(8)13(9)16(14)15/h1-6,13-16H/t13-,14-,15-,16-/m1/s1. The van der Waals surface area contributed by atoms with Crippen molar-refractivity contribution in [3.63, 3.8) is 0 Å². The lowest BCUT2D eigenvalue weighted by atomic mass is 9.93. The highest BCUT2D eigenvalue weighted by Crippen LogP contribution is 2.78. The van der Waals surface area contributed by atoms with E-state index in [9.17, 15) is 0 Å². The molecule has 18 heavy (non-hydrogen) atoms. The monoisotopic (exact) mass is 272 g/mol. The molecule has 0 heterocycles. The summed E-state index contributed by atoms with van der Waals surface area (Å²) in [6, 6.07) is 13.1. The van der Waals surface area contributed by atoms with Crippen molar-refractivity contribution < 1.29 is 0 Å². The minimum atomic E-state index is 0.570. The van der Waals surface area contributed by atoms with Gasteiger partial charge in [-0.05, 0) is 52.1 Å². The first-order valence-electron chi connectivity index (χ1n) is 6.35. The summed E-state index contributed by atoms with van der Waals surface area (Å²) in [5.41, 5.74) is 5.93. The molecule has 0 radical (unpaired) electrons. The van der Waals surface area contributed by atoms with Crippen LogP contribution >= 0.6 is 23.2 Å². The second-order valence-corrected chi connectivity index (χ2v) is 6.45. The molecule has 5 rings (SSSR count). The van der Waals surface area contributed by atoms with Crippen LogP contribution in [0.2, 0.25) is 10.0 Å². The highest BCUT2D eigenvalue weighted by atomic mass is 35.5. The molecule has 0 aliphatic heterocycles. The van der Waals surface area contributed by atoms with Gasteiger partial charge in [-0.3, -0.25) is 0 Å². The van der Waals surface area contributed by atoms with E-state index in [1.165, 1.54) is 16.7 Å². The molecule has 0 bridgehead atoms. The second kappa shape index (κ2) is 2.95. The highest BCUT2D eigenvalue weighted by molar-refractivity contribution is 6.42. The molecule has 0 nitrogen and oxygen atoms in total. The zero-order chi connectivity index (χ0) is 12.0. The molecule has 3 aliphatic rings. The molecular weight excluding hydrogens is 263 g/mol. The smallest absolute Gasteiger partial charge is 0.0595 e. The molecule has 1 fully saturated rings. The van der Waals surface area contributed by atoms with Crippen LogP contribution in [0.25, 0.3) is 0 Å². The first-order valence-corrected chi connectivity index (χ1v) is 7.10. The third-order valence-corrected chi connectivity index (χ3v) is 5.69. The minimum Gasteiger partial charge on any atom is -0.0827 e. The molecule has 0 unspecified atom stereocenters. The van der Waals surface area contributed by atoms with Crippen molar-refractivity contribution in [1.82, 2.24) is 0 Å². The van der Waals surface area contributed by atoms with Gasteiger partial charge in [0.25, 0.3) is 0 Å². The van der Waals surface area contributed by atoms with E-state index in [2.05, 4.69) is 36.4 Å². The summed E-state index contributed by atoms with van der Waals surface area (Å²) < 4.78 is 0. The van der Waals surface area contributed by atoms with Crippen molar-refractivity contribution >= 4 is 23.2 Å². The van der Waals surface area contributed by atoms with E-state index in [1.807, 2.05) is 0 Å². The number of hydrogen-bond acceptors (Lipinski definition) is 0. The number of hydrogen-bond donors (Lipinski definition) is 0. The molecule has 0 N–H and O–H groups in total. The van der Waals surface area contributed by atoms with Gasteiger partial charge in [0, 0.05) is 5.92 Å². The lowest BCUT2D eigenvalue weighted by molar-refractivity contribution is 0.750. The molecule has 2 aromatic carbocycles. The summed E-state index contributed by atoms with van der Waals surface area (Å²) in [4.78, 5) is 0. The van der Waals surface area contributed by atoms with E-state index >= 15 is 0 Å². The van der Waals surface area contributed by atoms with Gasteiger partial charge in [-0.25, -0.2) is 0 Å². The van der Waals surface area contributed by atoms with Crippen molar-refractivity contribution in [3.8, 4) is 0 Å². The minimum absolute atomic E-state index is 0.570. The average molecular weight is 273 g/mol. The summed E-state index contributed by atoms with van der Waals surface area (Å²) in [7, 11) is 0. The van der Waals surface area contributed by atoms with Crippen LogP contribution in [0.5, 0.6) is 0 Å². The second-order valence-electron chi connectivity index (χ2n) is 5.63. The average Bonchev–Trinajstić information content (AvgIpc) is 2.92. The maximum atomic E-state index is 6.19. The Bertz CT molecular complexity index is 704. The quantitative estimate of drug-likeness (QED) is 0.637. The first-order chi connectivity index (χ1) is 8.77. The summed E-state index contributed by atoms with van der Waals surface area (Å²) in [5, 5.41) is 1.39. The van der Waals surface area contributed by atoms with Crippen molar-refractivity contribution in [2.75, 3.05) is 0 Å².